The smallest absolute Gasteiger partial charge is 0.224 e. The van der Waals surface area contributed by atoms with Crippen LogP contribution in [0.3, 0.4) is 0 Å². The van der Waals surface area contributed by atoms with Crippen LogP contribution in [0, 0.1) is 5.92 Å². The van der Waals surface area contributed by atoms with Crippen molar-refractivity contribution in [2.24, 2.45) is 11.7 Å². The van der Waals surface area contributed by atoms with Crippen molar-refractivity contribution in [1.82, 2.24) is 10.2 Å². The van der Waals surface area contributed by atoms with Gasteiger partial charge in [-0.3, -0.25) is 9.69 Å². The summed E-state index contributed by atoms with van der Waals surface area (Å²) in [6.07, 6.45) is 0. The number of nitrogens with two attached hydrogens (primary N) is 1. The van der Waals surface area contributed by atoms with Crippen LogP contribution in [0.15, 0.2) is 24.3 Å². The van der Waals surface area contributed by atoms with Gasteiger partial charge < -0.3 is 20.5 Å². The second-order valence-electron chi connectivity index (χ2n) is 5.80. The Morgan fingerprint density at radius 2 is 2.08 bits per heavy atom. The highest BCUT2D eigenvalue weighted by atomic mass is 35.5. The molecule has 1 aromatic rings. The van der Waals surface area contributed by atoms with Crippen molar-refractivity contribution in [1.29, 1.82) is 0 Å². The van der Waals surface area contributed by atoms with Crippen LogP contribution in [0.1, 0.15) is 12.5 Å². The standard InChI is InChI=1S/C17H27N3O3.2ClH/c1-14(12-18)17(21)19-13-15-3-2-4-16(11-15)23-10-7-20-5-8-22-9-6-20;;/h2-4,11,14H,5-10,12-13,18H2,1H3,(H,19,21);2*1H. The molecular formula is C17H29Cl2N3O3. The molecule has 0 radical (unpaired) electrons. The summed E-state index contributed by atoms with van der Waals surface area (Å²) in [5.74, 6) is 0.644. The fourth-order valence-electron chi connectivity index (χ4n) is 2.33. The van der Waals surface area contributed by atoms with E-state index >= 15 is 0 Å². The summed E-state index contributed by atoms with van der Waals surface area (Å²) in [6.45, 7) is 7.76. The van der Waals surface area contributed by atoms with Gasteiger partial charge in [0.25, 0.3) is 0 Å². The van der Waals surface area contributed by atoms with Crippen molar-refractivity contribution in [2.75, 3.05) is 46.0 Å². The van der Waals surface area contributed by atoms with Crippen molar-refractivity contribution < 1.29 is 14.3 Å². The first-order chi connectivity index (χ1) is 11.2. The second-order valence-corrected chi connectivity index (χ2v) is 5.80. The van der Waals surface area contributed by atoms with E-state index in [0.29, 0.717) is 19.7 Å². The normalized spacial score (nSPS) is 15.4. The molecule has 0 spiro atoms. The van der Waals surface area contributed by atoms with Gasteiger partial charge in [0.1, 0.15) is 12.4 Å². The molecule has 0 saturated carbocycles. The Balaban J connectivity index is 0.00000288. The van der Waals surface area contributed by atoms with E-state index in [1.807, 2.05) is 31.2 Å². The molecule has 1 atom stereocenters. The van der Waals surface area contributed by atoms with Crippen LogP contribution < -0.4 is 15.8 Å². The monoisotopic (exact) mass is 393 g/mol. The molecule has 1 aliphatic heterocycles. The maximum Gasteiger partial charge on any atom is 0.224 e. The number of halogens is 2. The molecule has 3 N–H and O–H groups in total. The third-order valence-electron chi connectivity index (χ3n) is 3.95. The molecule has 25 heavy (non-hydrogen) atoms. The molecule has 1 heterocycles. The van der Waals surface area contributed by atoms with Crippen molar-refractivity contribution >= 4 is 30.7 Å². The topological polar surface area (TPSA) is 76.8 Å². The van der Waals surface area contributed by atoms with Crippen LogP contribution in [0.4, 0.5) is 0 Å². The molecule has 0 aliphatic carbocycles. The molecule has 1 saturated heterocycles. The Hall–Kier alpha value is -1.05. The predicted molar refractivity (Wildman–Crippen MR) is 104 cm³/mol. The van der Waals surface area contributed by atoms with Crippen molar-refractivity contribution in [3.8, 4) is 5.75 Å². The third kappa shape index (κ3) is 8.74. The second kappa shape index (κ2) is 13.2. The lowest BCUT2D eigenvalue weighted by Gasteiger charge is -2.26. The van der Waals surface area contributed by atoms with E-state index < -0.39 is 0 Å². The molecule has 1 amide bonds. The number of ether oxygens (including phenoxy) is 2. The van der Waals surface area contributed by atoms with Gasteiger partial charge in [-0.15, -0.1) is 24.8 Å². The minimum Gasteiger partial charge on any atom is -0.492 e. The molecule has 6 nitrogen and oxygen atoms in total. The first kappa shape index (κ1) is 23.9. The number of nitrogens with zero attached hydrogens (tertiary/aromatic N) is 1. The molecular weight excluding hydrogens is 365 g/mol. The van der Waals surface area contributed by atoms with Gasteiger partial charge in [0.15, 0.2) is 0 Å². The van der Waals surface area contributed by atoms with Crippen LogP contribution >= 0.6 is 24.8 Å². The Bertz CT molecular complexity index is 500. The maximum atomic E-state index is 11.7. The van der Waals surface area contributed by atoms with Crippen LogP contribution in [0.25, 0.3) is 0 Å². The number of carbonyl (C=O) groups excluding carboxylic acids is 1. The van der Waals surface area contributed by atoms with E-state index in [0.717, 1.165) is 44.2 Å². The van der Waals surface area contributed by atoms with Gasteiger partial charge in [0.05, 0.1) is 13.2 Å². The highest BCUT2D eigenvalue weighted by Gasteiger charge is 2.11. The molecule has 1 aliphatic rings. The predicted octanol–water partition coefficient (Wildman–Crippen LogP) is 1.45. The van der Waals surface area contributed by atoms with Crippen LogP contribution in [-0.4, -0.2) is 56.8 Å². The van der Waals surface area contributed by atoms with Crippen LogP contribution in [0.5, 0.6) is 5.75 Å². The van der Waals surface area contributed by atoms with E-state index in [-0.39, 0.29) is 36.6 Å². The SMILES string of the molecule is CC(CN)C(=O)NCc1cccc(OCCN2CCOCC2)c1.Cl.Cl. The Labute approximate surface area is 162 Å². The quantitative estimate of drug-likeness (QED) is 0.698. The van der Waals surface area contributed by atoms with Crippen molar-refractivity contribution in [3.63, 3.8) is 0 Å². The summed E-state index contributed by atoms with van der Waals surface area (Å²) in [4.78, 5) is 14.1. The van der Waals surface area contributed by atoms with Gasteiger partial charge in [-0.25, -0.2) is 0 Å². The van der Waals surface area contributed by atoms with Gasteiger partial charge in [-0.2, -0.15) is 0 Å². The zero-order valence-corrected chi connectivity index (χ0v) is 16.2. The zero-order valence-electron chi connectivity index (χ0n) is 14.6. The number of carbonyl (C=O) groups is 1. The van der Waals surface area contributed by atoms with E-state index in [4.69, 9.17) is 15.2 Å². The van der Waals surface area contributed by atoms with Gasteiger partial charge in [-0.05, 0) is 17.7 Å². The largest absolute Gasteiger partial charge is 0.492 e. The zero-order chi connectivity index (χ0) is 16.5. The fourth-order valence-corrected chi connectivity index (χ4v) is 2.33. The third-order valence-corrected chi connectivity index (χ3v) is 3.95. The molecule has 1 fully saturated rings. The molecule has 1 unspecified atom stereocenters. The lowest BCUT2D eigenvalue weighted by molar-refractivity contribution is -0.124. The summed E-state index contributed by atoms with van der Waals surface area (Å²) < 4.78 is 11.1. The van der Waals surface area contributed by atoms with E-state index in [9.17, 15) is 4.79 Å². The van der Waals surface area contributed by atoms with Crippen LogP contribution in [0.2, 0.25) is 0 Å². The number of nitrogens with one attached hydrogen (secondary N) is 1. The highest BCUT2D eigenvalue weighted by Crippen LogP contribution is 2.13. The van der Waals surface area contributed by atoms with Crippen molar-refractivity contribution in [2.45, 2.75) is 13.5 Å². The number of benzene rings is 1. The fraction of sp³-hybridized carbons (Fsp3) is 0.588. The average Bonchev–Trinajstić information content (AvgIpc) is 2.60. The summed E-state index contributed by atoms with van der Waals surface area (Å²) in [5.41, 5.74) is 6.51. The summed E-state index contributed by atoms with van der Waals surface area (Å²) >= 11 is 0. The lowest BCUT2D eigenvalue weighted by atomic mass is 10.1. The number of hydrogen-bond acceptors (Lipinski definition) is 5. The lowest BCUT2D eigenvalue weighted by Crippen LogP contribution is -2.38. The summed E-state index contributed by atoms with van der Waals surface area (Å²) in [6, 6.07) is 7.82. The minimum absolute atomic E-state index is 0. The molecule has 0 bridgehead atoms. The van der Waals surface area contributed by atoms with E-state index in [1.165, 1.54) is 0 Å². The molecule has 8 heteroatoms. The van der Waals surface area contributed by atoms with Gasteiger partial charge >= 0.3 is 0 Å². The van der Waals surface area contributed by atoms with Crippen molar-refractivity contribution in [3.05, 3.63) is 29.8 Å². The summed E-state index contributed by atoms with van der Waals surface area (Å²) in [7, 11) is 0. The van der Waals surface area contributed by atoms with Gasteiger partial charge in [0, 0.05) is 38.6 Å². The van der Waals surface area contributed by atoms with Crippen LogP contribution in [-0.2, 0) is 16.1 Å². The summed E-state index contributed by atoms with van der Waals surface area (Å²) in [5, 5.41) is 2.89. The van der Waals surface area contributed by atoms with Gasteiger partial charge in [-0.1, -0.05) is 19.1 Å². The number of amides is 1. The molecule has 1 aromatic carbocycles. The minimum atomic E-state index is -0.164. The highest BCUT2D eigenvalue weighted by molar-refractivity contribution is 5.85. The molecule has 144 valence electrons. The number of hydrogen-bond donors (Lipinski definition) is 2. The van der Waals surface area contributed by atoms with Gasteiger partial charge in [0.2, 0.25) is 5.91 Å². The molecule has 0 aromatic heterocycles. The number of rotatable bonds is 8. The first-order valence-electron chi connectivity index (χ1n) is 8.18. The van der Waals surface area contributed by atoms with E-state index in [2.05, 4.69) is 10.2 Å². The Morgan fingerprint density at radius 3 is 2.76 bits per heavy atom. The Morgan fingerprint density at radius 1 is 1.36 bits per heavy atom. The number of morpholine rings is 1. The maximum absolute atomic E-state index is 11.7. The first-order valence-corrected chi connectivity index (χ1v) is 8.18. The molecule has 2 rings (SSSR count). The Kier molecular flexibility index (Phi) is 12.6. The van der Waals surface area contributed by atoms with E-state index in [1.54, 1.807) is 0 Å². The average molecular weight is 394 g/mol.